The van der Waals surface area contributed by atoms with Gasteiger partial charge in [0.1, 0.15) is 12.4 Å². The number of ether oxygens (including phenoxy) is 1. The lowest BCUT2D eigenvalue weighted by atomic mass is 9.85. The minimum atomic E-state index is 0.395. The second kappa shape index (κ2) is 8.71. The topological polar surface area (TPSA) is 38.5 Å². The molecule has 21 heavy (non-hydrogen) atoms. The first-order chi connectivity index (χ1) is 10.3. The summed E-state index contributed by atoms with van der Waals surface area (Å²) in [5.41, 5.74) is 6.34. The van der Waals surface area contributed by atoms with Crippen LogP contribution in [-0.4, -0.2) is 37.7 Å². The summed E-state index contributed by atoms with van der Waals surface area (Å²) >= 11 is 0. The smallest absolute Gasteiger partial charge is 0.119 e. The molecular formula is C18H26N2O. The van der Waals surface area contributed by atoms with Gasteiger partial charge in [-0.2, -0.15) is 0 Å². The molecule has 2 rings (SSSR count). The van der Waals surface area contributed by atoms with Gasteiger partial charge in [0.05, 0.1) is 6.54 Å². The van der Waals surface area contributed by atoms with E-state index in [-0.39, 0.29) is 0 Å². The minimum absolute atomic E-state index is 0.395. The Bertz CT molecular complexity index is 468. The Hall–Kier alpha value is -1.50. The van der Waals surface area contributed by atoms with Crippen LogP contribution in [0.15, 0.2) is 24.3 Å². The van der Waals surface area contributed by atoms with Gasteiger partial charge >= 0.3 is 0 Å². The molecule has 1 aliphatic carbocycles. The first-order valence-corrected chi connectivity index (χ1v) is 7.96. The molecule has 0 spiro atoms. The van der Waals surface area contributed by atoms with Crippen LogP contribution in [0.4, 0.5) is 0 Å². The average molecular weight is 286 g/mol. The van der Waals surface area contributed by atoms with Gasteiger partial charge in [0.15, 0.2) is 0 Å². The van der Waals surface area contributed by atoms with Gasteiger partial charge in [0.2, 0.25) is 0 Å². The van der Waals surface area contributed by atoms with Crippen molar-refractivity contribution in [1.29, 1.82) is 0 Å². The SMILES string of the molecule is CCN(CCOc1ccc(C#CCN)cc1)CC1CCC1. The van der Waals surface area contributed by atoms with Crippen molar-refractivity contribution in [1.82, 2.24) is 4.90 Å². The highest BCUT2D eigenvalue weighted by atomic mass is 16.5. The largest absolute Gasteiger partial charge is 0.492 e. The van der Waals surface area contributed by atoms with Crippen molar-refractivity contribution in [3.8, 4) is 17.6 Å². The fraction of sp³-hybridized carbons (Fsp3) is 0.556. The quantitative estimate of drug-likeness (QED) is 0.783. The van der Waals surface area contributed by atoms with Gasteiger partial charge in [-0.15, -0.1) is 0 Å². The number of likely N-dealkylation sites (N-methyl/N-ethyl adjacent to an activating group) is 1. The van der Waals surface area contributed by atoms with Crippen LogP contribution >= 0.6 is 0 Å². The summed E-state index contributed by atoms with van der Waals surface area (Å²) in [4.78, 5) is 2.49. The van der Waals surface area contributed by atoms with Gasteiger partial charge in [-0.25, -0.2) is 0 Å². The van der Waals surface area contributed by atoms with Crippen molar-refractivity contribution in [3.05, 3.63) is 29.8 Å². The molecule has 0 radical (unpaired) electrons. The Morgan fingerprint density at radius 1 is 1.29 bits per heavy atom. The monoisotopic (exact) mass is 286 g/mol. The van der Waals surface area contributed by atoms with Crippen LogP contribution in [0.5, 0.6) is 5.75 Å². The summed E-state index contributed by atoms with van der Waals surface area (Å²) in [6, 6.07) is 7.90. The van der Waals surface area contributed by atoms with Gasteiger partial charge in [-0.1, -0.05) is 25.2 Å². The second-order valence-corrected chi connectivity index (χ2v) is 5.57. The highest BCUT2D eigenvalue weighted by Crippen LogP contribution is 2.26. The maximum atomic E-state index is 5.82. The van der Waals surface area contributed by atoms with E-state index in [1.54, 1.807) is 0 Å². The Morgan fingerprint density at radius 2 is 2.05 bits per heavy atom. The van der Waals surface area contributed by atoms with Gasteiger partial charge in [-0.05, 0) is 49.6 Å². The Labute approximate surface area is 128 Å². The predicted octanol–water partition coefficient (Wildman–Crippen LogP) is 2.50. The van der Waals surface area contributed by atoms with E-state index in [2.05, 4.69) is 23.7 Å². The number of nitrogens with two attached hydrogens (primary N) is 1. The van der Waals surface area contributed by atoms with Crippen molar-refractivity contribution < 1.29 is 4.74 Å². The molecule has 1 saturated carbocycles. The van der Waals surface area contributed by atoms with Gasteiger partial charge in [0.25, 0.3) is 0 Å². The molecule has 1 aromatic carbocycles. The van der Waals surface area contributed by atoms with Crippen LogP contribution in [0.2, 0.25) is 0 Å². The zero-order valence-corrected chi connectivity index (χ0v) is 13.0. The van der Waals surface area contributed by atoms with Crippen molar-refractivity contribution in [2.45, 2.75) is 26.2 Å². The van der Waals surface area contributed by atoms with Crippen LogP contribution in [0.25, 0.3) is 0 Å². The summed E-state index contributed by atoms with van der Waals surface area (Å²) in [5, 5.41) is 0. The van der Waals surface area contributed by atoms with Crippen molar-refractivity contribution in [2.75, 3.05) is 32.8 Å². The molecule has 0 unspecified atom stereocenters. The number of rotatable bonds is 7. The minimum Gasteiger partial charge on any atom is -0.492 e. The zero-order chi connectivity index (χ0) is 14.9. The summed E-state index contributed by atoms with van der Waals surface area (Å²) in [5.74, 6) is 7.69. The molecule has 0 bridgehead atoms. The van der Waals surface area contributed by atoms with Gasteiger partial charge in [-0.3, -0.25) is 4.90 Å². The van der Waals surface area contributed by atoms with Crippen molar-refractivity contribution >= 4 is 0 Å². The lowest BCUT2D eigenvalue weighted by molar-refractivity contribution is 0.158. The third-order valence-corrected chi connectivity index (χ3v) is 4.05. The van der Waals surface area contributed by atoms with E-state index >= 15 is 0 Å². The van der Waals surface area contributed by atoms with E-state index in [0.29, 0.717) is 6.54 Å². The average Bonchev–Trinajstić information content (AvgIpc) is 2.48. The first kappa shape index (κ1) is 15.9. The summed E-state index contributed by atoms with van der Waals surface area (Å²) < 4.78 is 5.82. The first-order valence-electron chi connectivity index (χ1n) is 7.96. The Kier molecular flexibility index (Phi) is 6.59. The van der Waals surface area contributed by atoms with E-state index in [0.717, 1.165) is 36.9 Å². The molecule has 114 valence electrons. The normalized spacial score (nSPS) is 14.4. The molecule has 1 aliphatic rings. The van der Waals surface area contributed by atoms with E-state index in [1.807, 2.05) is 24.3 Å². The highest BCUT2D eigenvalue weighted by molar-refractivity contribution is 5.38. The third-order valence-electron chi connectivity index (χ3n) is 4.05. The fourth-order valence-electron chi connectivity index (χ4n) is 2.50. The Morgan fingerprint density at radius 3 is 2.62 bits per heavy atom. The summed E-state index contributed by atoms with van der Waals surface area (Å²) in [6.07, 6.45) is 4.23. The maximum Gasteiger partial charge on any atom is 0.119 e. The van der Waals surface area contributed by atoms with Crippen LogP contribution in [0.1, 0.15) is 31.7 Å². The lowest BCUT2D eigenvalue weighted by Crippen LogP contribution is -2.35. The van der Waals surface area contributed by atoms with E-state index in [1.165, 1.54) is 25.8 Å². The molecular weight excluding hydrogens is 260 g/mol. The number of benzene rings is 1. The molecule has 3 heteroatoms. The molecule has 3 nitrogen and oxygen atoms in total. The molecule has 1 aromatic rings. The van der Waals surface area contributed by atoms with E-state index in [9.17, 15) is 0 Å². The molecule has 0 amide bonds. The molecule has 0 aliphatic heterocycles. The molecule has 0 saturated heterocycles. The van der Waals surface area contributed by atoms with Crippen LogP contribution in [-0.2, 0) is 0 Å². The van der Waals surface area contributed by atoms with Crippen LogP contribution in [0, 0.1) is 17.8 Å². The summed E-state index contributed by atoms with van der Waals surface area (Å²) in [6.45, 7) is 6.70. The number of nitrogens with zero attached hydrogens (tertiary/aromatic N) is 1. The van der Waals surface area contributed by atoms with Crippen LogP contribution < -0.4 is 10.5 Å². The van der Waals surface area contributed by atoms with Gasteiger partial charge in [0, 0.05) is 18.7 Å². The zero-order valence-electron chi connectivity index (χ0n) is 13.0. The van der Waals surface area contributed by atoms with E-state index < -0.39 is 0 Å². The molecule has 0 atom stereocenters. The highest BCUT2D eigenvalue weighted by Gasteiger charge is 2.19. The predicted molar refractivity (Wildman–Crippen MR) is 87.3 cm³/mol. The van der Waals surface area contributed by atoms with Crippen molar-refractivity contribution in [2.24, 2.45) is 11.7 Å². The Balaban J connectivity index is 1.71. The van der Waals surface area contributed by atoms with E-state index in [4.69, 9.17) is 10.5 Å². The van der Waals surface area contributed by atoms with Crippen molar-refractivity contribution in [3.63, 3.8) is 0 Å². The van der Waals surface area contributed by atoms with Gasteiger partial charge < -0.3 is 10.5 Å². The van der Waals surface area contributed by atoms with Crippen LogP contribution in [0.3, 0.4) is 0 Å². The molecule has 0 aromatic heterocycles. The molecule has 2 N–H and O–H groups in total. The number of hydrogen-bond donors (Lipinski definition) is 1. The molecule has 1 fully saturated rings. The standard InChI is InChI=1S/C18H26N2O/c1-2-20(15-17-5-3-6-17)13-14-21-18-10-8-16(9-11-18)7-4-12-19/h8-11,17H,2-3,5-6,12-15,19H2,1H3. The fourth-order valence-corrected chi connectivity index (χ4v) is 2.50. The lowest BCUT2D eigenvalue weighted by Gasteiger charge is -2.31. The maximum absolute atomic E-state index is 5.82. The third kappa shape index (κ3) is 5.41. The summed E-state index contributed by atoms with van der Waals surface area (Å²) in [7, 11) is 0. The second-order valence-electron chi connectivity index (χ2n) is 5.57. The molecule has 0 heterocycles. The number of hydrogen-bond acceptors (Lipinski definition) is 3.